The summed E-state index contributed by atoms with van der Waals surface area (Å²) in [6.45, 7) is 5.17. The maximum atomic E-state index is 11.8. The molecule has 4 nitrogen and oxygen atoms in total. The molecule has 0 spiro atoms. The quantitative estimate of drug-likeness (QED) is 0.530. The SMILES string of the molecule is C#C[C@]1(OC(C)=O)CC[C@H]2[C@@H]3C=CC4=CC(OC(C)=O)CC[C@@H]4[C@H]3CC[C@@]21C. The molecule has 2 fully saturated rings. The Balaban J connectivity index is 1.62. The maximum Gasteiger partial charge on any atom is 0.304 e. The van der Waals surface area contributed by atoms with E-state index in [1.807, 2.05) is 0 Å². The molecule has 0 N–H and O–H groups in total. The van der Waals surface area contributed by atoms with Crippen molar-refractivity contribution < 1.29 is 19.1 Å². The average molecular weight is 383 g/mol. The third-order valence-electron chi connectivity index (χ3n) is 7.97. The minimum atomic E-state index is -0.772. The van der Waals surface area contributed by atoms with Gasteiger partial charge in [-0.05, 0) is 73.8 Å². The molecule has 4 heteroatoms. The maximum absolute atomic E-state index is 11.8. The highest BCUT2D eigenvalue weighted by Crippen LogP contribution is 2.64. The van der Waals surface area contributed by atoms with Crippen molar-refractivity contribution in [3.05, 3.63) is 23.8 Å². The zero-order valence-electron chi connectivity index (χ0n) is 17.1. The van der Waals surface area contributed by atoms with Crippen molar-refractivity contribution in [3.63, 3.8) is 0 Å². The summed E-state index contributed by atoms with van der Waals surface area (Å²) in [5.41, 5.74) is 0.379. The molecule has 0 aromatic rings. The molecule has 7 atom stereocenters. The van der Waals surface area contributed by atoms with Gasteiger partial charge in [0.15, 0.2) is 5.60 Å². The molecule has 0 bridgehead atoms. The van der Waals surface area contributed by atoms with Gasteiger partial charge in [-0.25, -0.2) is 0 Å². The second kappa shape index (κ2) is 6.79. The summed E-state index contributed by atoms with van der Waals surface area (Å²) in [4.78, 5) is 23.1. The first kappa shape index (κ1) is 19.3. The summed E-state index contributed by atoms with van der Waals surface area (Å²) in [6, 6.07) is 0. The number of carbonyl (C=O) groups is 2. The standard InChI is InChI=1S/C24H30O4/c1-5-24(28-16(3)26)13-11-22-21-8-6-17-14-18(27-15(2)25)7-9-19(17)20(21)10-12-23(22,24)4/h1,6,8,14,18-22H,7,9-13H2,2-4H3/t18?,19-,20+,21+,22-,23-,24-/m0/s1. The number of hydrogen-bond acceptors (Lipinski definition) is 4. The summed E-state index contributed by atoms with van der Waals surface area (Å²) in [5.74, 6) is 4.43. The van der Waals surface area contributed by atoms with Crippen molar-refractivity contribution in [2.45, 2.75) is 71.0 Å². The number of esters is 2. The van der Waals surface area contributed by atoms with E-state index in [9.17, 15) is 9.59 Å². The van der Waals surface area contributed by atoms with Gasteiger partial charge in [0, 0.05) is 19.3 Å². The minimum absolute atomic E-state index is 0.0941. The van der Waals surface area contributed by atoms with Crippen LogP contribution in [-0.4, -0.2) is 23.6 Å². The molecule has 2 saturated carbocycles. The fraction of sp³-hybridized carbons (Fsp3) is 0.667. The van der Waals surface area contributed by atoms with Gasteiger partial charge in [0.2, 0.25) is 0 Å². The summed E-state index contributed by atoms with van der Waals surface area (Å²) in [6.07, 6.45) is 18.4. The van der Waals surface area contributed by atoms with E-state index in [-0.39, 0.29) is 23.5 Å². The summed E-state index contributed by atoms with van der Waals surface area (Å²) < 4.78 is 11.2. The lowest BCUT2D eigenvalue weighted by Crippen LogP contribution is -2.53. The third kappa shape index (κ3) is 2.82. The number of hydrogen-bond donors (Lipinski definition) is 0. The number of ether oxygens (including phenoxy) is 2. The molecule has 0 radical (unpaired) electrons. The molecule has 150 valence electrons. The molecular formula is C24H30O4. The second-order valence-corrected chi connectivity index (χ2v) is 9.27. The molecule has 0 aromatic heterocycles. The lowest BCUT2D eigenvalue weighted by molar-refractivity contribution is -0.166. The summed E-state index contributed by atoms with van der Waals surface area (Å²) in [7, 11) is 0. The molecule has 0 saturated heterocycles. The smallest absolute Gasteiger partial charge is 0.304 e. The first-order valence-electron chi connectivity index (χ1n) is 10.5. The Kier molecular flexibility index (Phi) is 4.68. The van der Waals surface area contributed by atoms with Crippen LogP contribution in [0.1, 0.15) is 59.3 Å². The van der Waals surface area contributed by atoms with Crippen LogP contribution < -0.4 is 0 Å². The molecule has 4 aliphatic rings. The van der Waals surface area contributed by atoms with E-state index in [0.717, 1.165) is 38.5 Å². The Morgan fingerprint density at radius 2 is 1.93 bits per heavy atom. The second-order valence-electron chi connectivity index (χ2n) is 9.27. The highest BCUT2D eigenvalue weighted by molar-refractivity contribution is 5.67. The van der Waals surface area contributed by atoms with Gasteiger partial charge in [-0.3, -0.25) is 9.59 Å². The van der Waals surface area contributed by atoms with Crippen LogP contribution in [0.15, 0.2) is 23.8 Å². The van der Waals surface area contributed by atoms with Crippen molar-refractivity contribution in [3.8, 4) is 12.3 Å². The zero-order chi connectivity index (χ0) is 20.1. The topological polar surface area (TPSA) is 52.6 Å². The number of allylic oxidation sites excluding steroid dienone is 3. The van der Waals surface area contributed by atoms with Gasteiger partial charge in [0.1, 0.15) is 6.10 Å². The minimum Gasteiger partial charge on any atom is -0.458 e. The van der Waals surface area contributed by atoms with Gasteiger partial charge < -0.3 is 9.47 Å². The Bertz CT molecular complexity index is 787. The fourth-order valence-electron chi connectivity index (χ4n) is 6.75. The van der Waals surface area contributed by atoms with Gasteiger partial charge in [0.05, 0.1) is 0 Å². The van der Waals surface area contributed by atoms with Crippen LogP contribution in [0, 0.1) is 41.4 Å². The van der Waals surface area contributed by atoms with Crippen LogP contribution in [0.2, 0.25) is 0 Å². The third-order valence-corrected chi connectivity index (χ3v) is 7.97. The van der Waals surface area contributed by atoms with Crippen LogP contribution in [0.5, 0.6) is 0 Å². The molecule has 4 aliphatic carbocycles. The van der Waals surface area contributed by atoms with Gasteiger partial charge in [0.25, 0.3) is 0 Å². The van der Waals surface area contributed by atoms with E-state index in [0.29, 0.717) is 23.7 Å². The Morgan fingerprint density at radius 1 is 1.14 bits per heavy atom. The molecule has 28 heavy (non-hydrogen) atoms. The Hall–Kier alpha value is -2.02. The zero-order valence-corrected chi connectivity index (χ0v) is 17.1. The molecular weight excluding hydrogens is 352 g/mol. The van der Waals surface area contributed by atoms with Crippen LogP contribution in [0.25, 0.3) is 0 Å². The molecule has 4 rings (SSSR count). The van der Waals surface area contributed by atoms with Gasteiger partial charge in [-0.2, -0.15) is 0 Å². The van der Waals surface area contributed by atoms with Gasteiger partial charge in [-0.1, -0.05) is 25.0 Å². The van der Waals surface area contributed by atoms with Crippen molar-refractivity contribution in [2.24, 2.45) is 29.1 Å². The first-order valence-corrected chi connectivity index (χ1v) is 10.5. The normalized spacial score (nSPS) is 43.6. The Morgan fingerprint density at radius 3 is 2.61 bits per heavy atom. The summed E-state index contributed by atoms with van der Waals surface area (Å²) in [5, 5.41) is 0. The van der Waals surface area contributed by atoms with Crippen molar-refractivity contribution in [2.75, 3.05) is 0 Å². The first-order chi connectivity index (χ1) is 13.3. The predicted octanol–water partition coefficient (Wildman–Crippen LogP) is 4.20. The molecule has 0 aromatic carbocycles. The largest absolute Gasteiger partial charge is 0.458 e. The van der Waals surface area contributed by atoms with Crippen molar-refractivity contribution >= 4 is 11.9 Å². The molecule has 0 heterocycles. The van der Waals surface area contributed by atoms with Crippen LogP contribution >= 0.6 is 0 Å². The predicted molar refractivity (Wildman–Crippen MR) is 106 cm³/mol. The lowest BCUT2D eigenvalue weighted by atomic mass is 9.52. The number of terminal acetylenes is 1. The molecule has 1 unspecified atom stereocenters. The average Bonchev–Trinajstić information content (AvgIpc) is 2.93. The molecule has 0 aliphatic heterocycles. The van der Waals surface area contributed by atoms with Gasteiger partial charge in [-0.15, -0.1) is 6.42 Å². The number of rotatable bonds is 2. The highest BCUT2D eigenvalue weighted by atomic mass is 16.6. The number of fused-ring (bicyclic) bond motifs is 5. The van der Waals surface area contributed by atoms with Crippen LogP contribution in [0.4, 0.5) is 0 Å². The lowest BCUT2D eigenvalue weighted by Gasteiger charge is -2.53. The number of carbonyl (C=O) groups excluding carboxylic acids is 2. The van der Waals surface area contributed by atoms with Crippen molar-refractivity contribution in [1.29, 1.82) is 0 Å². The van der Waals surface area contributed by atoms with E-state index in [1.54, 1.807) is 0 Å². The molecule has 0 amide bonds. The van der Waals surface area contributed by atoms with E-state index in [1.165, 1.54) is 19.4 Å². The highest BCUT2D eigenvalue weighted by Gasteiger charge is 2.63. The Labute approximate surface area is 167 Å². The van der Waals surface area contributed by atoms with E-state index < -0.39 is 5.60 Å². The van der Waals surface area contributed by atoms with E-state index >= 15 is 0 Å². The van der Waals surface area contributed by atoms with Gasteiger partial charge >= 0.3 is 11.9 Å². The van der Waals surface area contributed by atoms with Crippen LogP contribution in [0.3, 0.4) is 0 Å². The monoisotopic (exact) mass is 382 g/mol. The van der Waals surface area contributed by atoms with E-state index in [4.69, 9.17) is 15.9 Å². The van der Waals surface area contributed by atoms with Crippen LogP contribution in [-0.2, 0) is 19.1 Å². The van der Waals surface area contributed by atoms with Crippen molar-refractivity contribution in [1.82, 2.24) is 0 Å². The fourth-order valence-corrected chi connectivity index (χ4v) is 6.75. The van der Waals surface area contributed by atoms with E-state index in [2.05, 4.69) is 31.1 Å². The summed E-state index contributed by atoms with van der Waals surface area (Å²) >= 11 is 0.